The first-order chi connectivity index (χ1) is 43.3. The van der Waals surface area contributed by atoms with Crippen LogP contribution in [0.2, 0.25) is 0 Å². The standard InChI is InChI=1S/C78H144NO8P/c1-3-5-7-9-11-13-15-17-19-21-23-25-27-29-31-33-35-37-38-39-41-43-45-47-49-51-53-55-57-59-61-63-65-67-69-71-78(81)87-76(75-86-88(82,83)85-73-72-79)74-84-77(80)70-68-66-64-62-60-58-56-54-52-50-48-46-44-42-40-36-34-32-30-28-26-24-22-20-18-16-14-12-10-8-6-4-2/h5,7,11,13,17,19,23,25,29,31,35,37,76H,3-4,6,8-10,12,14-16,18,20-22,24,26-28,30,32-34,36,38-75,79H2,1-2H3,(H,82,83)/b7-5-,13-11-,19-17-,25-23-,31-29-,37-35-. The molecule has 9 nitrogen and oxygen atoms in total. The molecular formula is C78H144NO8P. The van der Waals surface area contributed by atoms with Crippen molar-refractivity contribution in [3.05, 3.63) is 72.9 Å². The molecule has 0 radical (unpaired) electrons. The average Bonchev–Trinajstić information content (AvgIpc) is 3.62. The molecule has 0 aromatic carbocycles. The maximum atomic E-state index is 12.8. The Hall–Kier alpha value is -2.55. The molecule has 0 aromatic rings. The van der Waals surface area contributed by atoms with Crippen molar-refractivity contribution in [3.63, 3.8) is 0 Å². The molecule has 3 N–H and O–H groups in total. The second-order valence-electron chi connectivity index (χ2n) is 25.5. The van der Waals surface area contributed by atoms with Crippen LogP contribution in [0.25, 0.3) is 0 Å². The number of carbonyl (C=O) groups is 2. The van der Waals surface area contributed by atoms with Gasteiger partial charge >= 0.3 is 19.8 Å². The van der Waals surface area contributed by atoms with Gasteiger partial charge in [-0.2, -0.15) is 0 Å². The van der Waals surface area contributed by atoms with Crippen LogP contribution in [0.3, 0.4) is 0 Å². The van der Waals surface area contributed by atoms with Gasteiger partial charge in [0.25, 0.3) is 0 Å². The zero-order valence-electron chi connectivity index (χ0n) is 58.0. The zero-order chi connectivity index (χ0) is 63.7. The van der Waals surface area contributed by atoms with Gasteiger partial charge < -0.3 is 20.1 Å². The second-order valence-corrected chi connectivity index (χ2v) is 27.0. The maximum absolute atomic E-state index is 12.8. The largest absolute Gasteiger partial charge is 0.472 e. The van der Waals surface area contributed by atoms with Crippen LogP contribution in [0.5, 0.6) is 0 Å². The summed E-state index contributed by atoms with van der Waals surface area (Å²) in [5.41, 5.74) is 5.41. The fourth-order valence-corrected chi connectivity index (χ4v) is 12.1. The highest BCUT2D eigenvalue weighted by Gasteiger charge is 2.26. The summed E-state index contributed by atoms with van der Waals surface area (Å²) in [6.07, 6.45) is 97.4. The lowest BCUT2D eigenvalue weighted by molar-refractivity contribution is -0.161. The minimum Gasteiger partial charge on any atom is -0.462 e. The van der Waals surface area contributed by atoms with E-state index in [1.807, 2.05) is 0 Å². The van der Waals surface area contributed by atoms with E-state index in [0.717, 1.165) is 77.0 Å². The third-order valence-electron chi connectivity index (χ3n) is 16.9. The molecule has 10 heteroatoms. The summed E-state index contributed by atoms with van der Waals surface area (Å²) < 4.78 is 33.2. The molecule has 0 aliphatic heterocycles. The van der Waals surface area contributed by atoms with Crippen LogP contribution in [0, 0.1) is 0 Å². The van der Waals surface area contributed by atoms with Gasteiger partial charge in [-0.15, -0.1) is 0 Å². The van der Waals surface area contributed by atoms with E-state index >= 15 is 0 Å². The van der Waals surface area contributed by atoms with Crippen LogP contribution in [0.15, 0.2) is 72.9 Å². The van der Waals surface area contributed by atoms with Gasteiger partial charge in [0.15, 0.2) is 6.10 Å². The van der Waals surface area contributed by atoms with Crippen LogP contribution in [0.1, 0.15) is 380 Å². The average molecular weight is 1250 g/mol. The lowest BCUT2D eigenvalue weighted by Gasteiger charge is -2.19. The minimum atomic E-state index is -4.40. The summed E-state index contributed by atoms with van der Waals surface area (Å²) in [5, 5.41) is 0. The van der Waals surface area contributed by atoms with Crippen molar-refractivity contribution in [3.8, 4) is 0 Å². The molecule has 0 aliphatic carbocycles. The highest BCUT2D eigenvalue weighted by Crippen LogP contribution is 2.43. The summed E-state index contributed by atoms with van der Waals surface area (Å²) >= 11 is 0. The lowest BCUT2D eigenvalue weighted by Crippen LogP contribution is -2.29. The predicted molar refractivity (Wildman–Crippen MR) is 381 cm³/mol. The van der Waals surface area contributed by atoms with Gasteiger partial charge in [0.05, 0.1) is 13.2 Å². The zero-order valence-corrected chi connectivity index (χ0v) is 58.9. The number of hydrogen-bond acceptors (Lipinski definition) is 8. The summed E-state index contributed by atoms with van der Waals surface area (Å²) in [4.78, 5) is 35.4. The Labute approximate surface area is 545 Å². The Kier molecular flexibility index (Phi) is 71.4. The third-order valence-corrected chi connectivity index (χ3v) is 17.8. The predicted octanol–water partition coefficient (Wildman–Crippen LogP) is 25.1. The SMILES string of the molecule is CC/C=C\C/C=C\C/C=C\C/C=C\C/C=C\C/C=C\CCCCCCCCCCCCCCCCCCC(=O)OC(COC(=O)CCCCCCCCCCCCCCCCCCCCCCCCCCCCCCCCCC)COP(=O)(O)OCCN. The van der Waals surface area contributed by atoms with E-state index in [1.54, 1.807) is 0 Å². The molecule has 0 spiro atoms. The first-order valence-electron chi connectivity index (χ1n) is 37.9. The van der Waals surface area contributed by atoms with E-state index < -0.39 is 26.5 Å². The van der Waals surface area contributed by atoms with Gasteiger partial charge in [-0.25, -0.2) is 4.57 Å². The van der Waals surface area contributed by atoms with Crippen molar-refractivity contribution in [2.45, 2.75) is 386 Å². The molecular weight excluding hydrogens is 1110 g/mol. The van der Waals surface area contributed by atoms with Crippen LogP contribution >= 0.6 is 7.82 Å². The fourth-order valence-electron chi connectivity index (χ4n) is 11.3. The highest BCUT2D eigenvalue weighted by molar-refractivity contribution is 7.47. The lowest BCUT2D eigenvalue weighted by atomic mass is 10.0. The number of phosphoric acid groups is 1. The molecule has 514 valence electrons. The monoisotopic (exact) mass is 1250 g/mol. The first kappa shape index (κ1) is 85.5. The van der Waals surface area contributed by atoms with Gasteiger partial charge in [-0.3, -0.25) is 18.6 Å². The Morgan fingerprint density at radius 2 is 0.625 bits per heavy atom. The van der Waals surface area contributed by atoms with E-state index in [0.29, 0.717) is 6.42 Å². The molecule has 2 unspecified atom stereocenters. The highest BCUT2D eigenvalue weighted by atomic mass is 31.2. The van der Waals surface area contributed by atoms with Crippen molar-refractivity contribution in [1.82, 2.24) is 0 Å². The quantitative estimate of drug-likeness (QED) is 0.0264. The maximum Gasteiger partial charge on any atom is 0.472 e. The number of ether oxygens (including phenoxy) is 2. The topological polar surface area (TPSA) is 134 Å². The number of nitrogens with two attached hydrogens (primary N) is 1. The Balaban J connectivity index is 3.81. The van der Waals surface area contributed by atoms with E-state index in [9.17, 15) is 19.0 Å². The molecule has 0 rings (SSSR count). The van der Waals surface area contributed by atoms with Gasteiger partial charge in [0, 0.05) is 19.4 Å². The molecule has 0 aliphatic rings. The second kappa shape index (κ2) is 73.5. The smallest absolute Gasteiger partial charge is 0.462 e. The summed E-state index contributed by atoms with van der Waals surface area (Å²) in [7, 11) is -4.40. The summed E-state index contributed by atoms with van der Waals surface area (Å²) in [5.74, 6) is -0.808. The van der Waals surface area contributed by atoms with Gasteiger partial charge in [-0.1, -0.05) is 376 Å². The fraction of sp³-hybridized carbons (Fsp3) is 0.821. The molecule has 0 saturated carbocycles. The number of phosphoric ester groups is 1. The van der Waals surface area contributed by atoms with E-state index in [-0.39, 0.29) is 38.6 Å². The van der Waals surface area contributed by atoms with Crippen LogP contribution in [-0.2, 0) is 32.7 Å². The van der Waals surface area contributed by atoms with E-state index in [2.05, 4.69) is 86.8 Å². The van der Waals surface area contributed by atoms with E-state index in [4.69, 9.17) is 24.3 Å². The van der Waals surface area contributed by atoms with Gasteiger partial charge in [-0.05, 0) is 64.2 Å². The van der Waals surface area contributed by atoms with Crippen LogP contribution < -0.4 is 5.73 Å². The van der Waals surface area contributed by atoms with Gasteiger partial charge in [0.1, 0.15) is 6.61 Å². The Bertz CT molecular complexity index is 1670. The summed E-state index contributed by atoms with van der Waals surface area (Å²) in [6.45, 7) is 3.70. The van der Waals surface area contributed by atoms with Crippen molar-refractivity contribution in [2.24, 2.45) is 5.73 Å². The number of unbranched alkanes of at least 4 members (excludes halogenated alkanes) is 47. The van der Waals surface area contributed by atoms with Crippen LogP contribution in [-0.4, -0.2) is 49.3 Å². The first-order valence-corrected chi connectivity index (χ1v) is 39.4. The molecule has 0 bridgehead atoms. The molecule has 0 aromatic heterocycles. The molecule has 0 saturated heterocycles. The number of carbonyl (C=O) groups excluding carboxylic acids is 2. The molecule has 88 heavy (non-hydrogen) atoms. The minimum absolute atomic E-state index is 0.0540. The Morgan fingerprint density at radius 3 is 0.932 bits per heavy atom. The van der Waals surface area contributed by atoms with Crippen molar-refractivity contribution in [2.75, 3.05) is 26.4 Å². The molecule has 0 heterocycles. The van der Waals surface area contributed by atoms with Crippen LogP contribution in [0.4, 0.5) is 0 Å². The molecule has 2 atom stereocenters. The van der Waals surface area contributed by atoms with Gasteiger partial charge in [0.2, 0.25) is 0 Å². The normalized spacial score (nSPS) is 13.3. The number of hydrogen-bond donors (Lipinski definition) is 2. The number of allylic oxidation sites excluding steroid dienone is 12. The third kappa shape index (κ3) is 72.5. The van der Waals surface area contributed by atoms with Crippen molar-refractivity contribution in [1.29, 1.82) is 0 Å². The Morgan fingerprint density at radius 1 is 0.352 bits per heavy atom. The summed E-state index contributed by atoms with van der Waals surface area (Å²) in [6, 6.07) is 0. The number of rotatable bonds is 72. The number of esters is 2. The molecule has 0 amide bonds. The van der Waals surface area contributed by atoms with E-state index in [1.165, 1.54) is 270 Å². The van der Waals surface area contributed by atoms with Crippen molar-refractivity contribution >= 4 is 19.8 Å². The molecule has 0 fully saturated rings. The van der Waals surface area contributed by atoms with Crippen molar-refractivity contribution < 1.29 is 37.6 Å².